The lowest BCUT2D eigenvalue weighted by molar-refractivity contribution is -0.182. The summed E-state index contributed by atoms with van der Waals surface area (Å²) in [6, 6.07) is 5.50. The first-order chi connectivity index (χ1) is 14.3. The van der Waals surface area contributed by atoms with Gasteiger partial charge in [-0.2, -0.15) is 13.2 Å². The minimum atomic E-state index is -4.18. The van der Waals surface area contributed by atoms with Gasteiger partial charge in [-0.1, -0.05) is 0 Å². The number of benzene rings is 1. The first-order valence-corrected chi connectivity index (χ1v) is 10.5. The van der Waals surface area contributed by atoms with Crippen molar-refractivity contribution in [3.63, 3.8) is 0 Å². The molecule has 0 saturated heterocycles. The molecule has 6 nitrogen and oxygen atoms in total. The molecule has 156 valence electrons. The summed E-state index contributed by atoms with van der Waals surface area (Å²) in [5.41, 5.74) is 3.58. The van der Waals surface area contributed by atoms with Crippen molar-refractivity contribution in [2.75, 3.05) is 0 Å². The van der Waals surface area contributed by atoms with Crippen LogP contribution in [0.15, 0.2) is 34.8 Å². The third kappa shape index (κ3) is 3.10. The molecule has 1 aliphatic rings. The molecule has 0 aliphatic heterocycles. The van der Waals surface area contributed by atoms with Crippen LogP contribution in [0.5, 0.6) is 0 Å². The van der Waals surface area contributed by atoms with Crippen molar-refractivity contribution in [1.29, 1.82) is 0 Å². The number of nitrogens with zero attached hydrogens (tertiary/aromatic N) is 5. The standard InChI is InChI=1S/C20H18F3N5OS/c1-27-9-24-16-18(27)26-17(11-2-4-12(5-3-11)20(21,22)23)28(19(16)29)13-6-7-14-15(8-13)30-10-25-14/h6-12H,2-5H2,1H3/t11-,12-. The summed E-state index contributed by atoms with van der Waals surface area (Å²) >= 11 is 1.46. The first-order valence-electron chi connectivity index (χ1n) is 9.67. The Morgan fingerprint density at radius 3 is 2.63 bits per heavy atom. The Bertz CT molecular complexity index is 1300. The SMILES string of the molecule is Cn1cnc2c(=O)n(-c3ccc4ncsc4c3)c([C@H]3CC[C@H](C(F)(F)F)CC3)nc21. The number of rotatable bonds is 2. The lowest BCUT2D eigenvalue weighted by Gasteiger charge is -2.30. The number of aromatic nitrogens is 5. The zero-order valence-corrected chi connectivity index (χ0v) is 16.9. The molecule has 4 aromatic rings. The molecule has 5 rings (SSSR count). The first kappa shape index (κ1) is 19.2. The Morgan fingerprint density at radius 2 is 1.90 bits per heavy atom. The molecule has 3 heterocycles. The minimum Gasteiger partial charge on any atom is -0.318 e. The van der Waals surface area contributed by atoms with Crippen molar-refractivity contribution in [2.24, 2.45) is 13.0 Å². The van der Waals surface area contributed by atoms with Gasteiger partial charge in [0.2, 0.25) is 0 Å². The second-order valence-electron chi connectivity index (χ2n) is 7.73. The number of thiazole rings is 1. The van der Waals surface area contributed by atoms with Crippen molar-refractivity contribution in [1.82, 2.24) is 24.1 Å². The Balaban J connectivity index is 1.66. The van der Waals surface area contributed by atoms with Crippen molar-refractivity contribution >= 4 is 32.7 Å². The van der Waals surface area contributed by atoms with Gasteiger partial charge in [-0.3, -0.25) is 9.36 Å². The van der Waals surface area contributed by atoms with Gasteiger partial charge in [0.15, 0.2) is 11.2 Å². The van der Waals surface area contributed by atoms with Gasteiger partial charge in [-0.05, 0) is 43.9 Å². The third-order valence-corrected chi connectivity index (χ3v) is 6.68. The topological polar surface area (TPSA) is 65.6 Å². The summed E-state index contributed by atoms with van der Waals surface area (Å²) < 4.78 is 43.5. The highest BCUT2D eigenvalue weighted by Gasteiger charge is 2.42. The molecule has 0 N–H and O–H groups in total. The predicted molar refractivity (Wildman–Crippen MR) is 108 cm³/mol. The summed E-state index contributed by atoms with van der Waals surface area (Å²) in [7, 11) is 1.75. The maximum absolute atomic E-state index is 13.4. The number of aryl methyl sites for hydroxylation is 1. The van der Waals surface area contributed by atoms with Gasteiger partial charge in [0.1, 0.15) is 5.82 Å². The van der Waals surface area contributed by atoms with E-state index >= 15 is 0 Å². The van der Waals surface area contributed by atoms with Gasteiger partial charge in [0.05, 0.1) is 33.7 Å². The highest BCUT2D eigenvalue weighted by atomic mass is 32.1. The average molecular weight is 433 g/mol. The van der Waals surface area contributed by atoms with Crippen molar-refractivity contribution in [3.8, 4) is 5.69 Å². The third-order valence-electron chi connectivity index (χ3n) is 5.89. The molecule has 1 saturated carbocycles. The molecule has 0 radical (unpaired) electrons. The van der Waals surface area contributed by atoms with Crippen LogP contribution < -0.4 is 5.56 Å². The number of imidazole rings is 1. The van der Waals surface area contributed by atoms with Crippen LogP contribution in [0.25, 0.3) is 27.1 Å². The summed E-state index contributed by atoms with van der Waals surface area (Å²) in [6.07, 6.45) is -1.89. The van der Waals surface area contributed by atoms with Crippen LogP contribution >= 0.6 is 11.3 Å². The van der Waals surface area contributed by atoms with E-state index < -0.39 is 12.1 Å². The highest BCUT2D eigenvalue weighted by Crippen LogP contribution is 2.42. The Kier molecular flexibility index (Phi) is 4.42. The molecule has 30 heavy (non-hydrogen) atoms. The molecular formula is C20H18F3N5OS. The summed E-state index contributed by atoms with van der Waals surface area (Å²) in [4.78, 5) is 26.5. The lowest BCUT2D eigenvalue weighted by Crippen LogP contribution is -2.31. The Labute approximate surface area is 173 Å². The largest absolute Gasteiger partial charge is 0.391 e. The van der Waals surface area contributed by atoms with Crippen LogP contribution in [0.3, 0.4) is 0 Å². The highest BCUT2D eigenvalue weighted by molar-refractivity contribution is 7.16. The molecule has 0 unspecified atom stereocenters. The normalized spacial score (nSPS) is 20.3. The lowest BCUT2D eigenvalue weighted by atomic mass is 9.81. The zero-order chi connectivity index (χ0) is 21.0. The molecule has 3 aromatic heterocycles. The van der Waals surface area contributed by atoms with Gasteiger partial charge in [0, 0.05) is 13.0 Å². The Hall–Kier alpha value is -2.75. The van der Waals surface area contributed by atoms with Crippen LogP contribution in [0.1, 0.15) is 37.4 Å². The summed E-state index contributed by atoms with van der Waals surface area (Å²) in [5, 5.41) is 0. The maximum Gasteiger partial charge on any atom is 0.391 e. The fourth-order valence-electron chi connectivity index (χ4n) is 4.26. The number of hydrogen-bond acceptors (Lipinski definition) is 5. The fourth-order valence-corrected chi connectivity index (χ4v) is 4.97. The maximum atomic E-state index is 13.4. The van der Waals surface area contributed by atoms with Gasteiger partial charge in [0.25, 0.3) is 5.56 Å². The van der Waals surface area contributed by atoms with Gasteiger partial charge >= 0.3 is 6.18 Å². The number of alkyl halides is 3. The molecule has 0 amide bonds. The van der Waals surface area contributed by atoms with Crippen LogP contribution in [0, 0.1) is 5.92 Å². The molecule has 0 spiro atoms. The van der Waals surface area contributed by atoms with E-state index in [1.165, 1.54) is 22.2 Å². The van der Waals surface area contributed by atoms with E-state index in [-0.39, 0.29) is 29.8 Å². The van der Waals surface area contributed by atoms with E-state index in [9.17, 15) is 18.0 Å². The van der Waals surface area contributed by atoms with Gasteiger partial charge < -0.3 is 4.57 Å². The van der Waals surface area contributed by atoms with E-state index in [1.807, 2.05) is 12.1 Å². The van der Waals surface area contributed by atoms with Crippen LogP contribution in [-0.2, 0) is 7.05 Å². The van der Waals surface area contributed by atoms with Gasteiger partial charge in [-0.25, -0.2) is 15.0 Å². The Morgan fingerprint density at radius 1 is 1.13 bits per heavy atom. The number of fused-ring (bicyclic) bond motifs is 2. The quantitative estimate of drug-likeness (QED) is 0.465. The number of hydrogen-bond donors (Lipinski definition) is 0. The molecule has 1 aliphatic carbocycles. The van der Waals surface area contributed by atoms with Crippen LogP contribution in [-0.4, -0.2) is 30.3 Å². The molecule has 0 bridgehead atoms. The predicted octanol–water partition coefficient (Wildman–Crippen LogP) is 4.57. The smallest absolute Gasteiger partial charge is 0.318 e. The van der Waals surface area contributed by atoms with E-state index in [2.05, 4.69) is 9.97 Å². The molecule has 1 fully saturated rings. The fraction of sp³-hybridized carbons (Fsp3) is 0.400. The second-order valence-corrected chi connectivity index (χ2v) is 8.62. The monoisotopic (exact) mass is 433 g/mol. The average Bonchev–Trinajstić information content (AvgIpc) is 3.33. The second kappa shape index (κ2) is 6.90. The van der Waals surface area contributed by atoms with E-state index in [0.29, 0.717) is 30.0 Å². The van der Waals surface area contributed by atoms with Gasteiger partial charge in [-0.15, -0.1) is 11.3 Å². The van der Waals surface area contributed by atoms with Crippen molar-refractivity contribution in [3.05, 3.63) is 46.2 Å². The minimum absolute atomic E-state index is 0.0430. The van der Waals surface area contributed by atoms with Crippen LogP contribution in [0.4, 0.5) is 13.2 Å². The molecule has 10 heteroatoms. The molecule has 1 aromatic carbocycles. The summed E-state index contributed by atoms with van der Waals surface area (Å²) in [5.74, 6) is -1.02. The van der Waals surface area contributed by atoms with E-state index in [4.69, 9.17) is 4.98 Å². The summed E-state index contributed by atoms with van der Waals surface area (Å²) in [6.45, 7) is 0. The zero-order valence-electron chi connectivity index (χ0n) is 16.1. The van der Waals surface area contributed by atoms with E-state index in [0.717, 1.165) is 10.2 Å². The van der Waals surface area contributed by atoms with Crippen molar-refractivity contribution < 1.29 is 13.2 Å². The van der Waals surface area contributed by atoms with Crippen LogP contribution in [0.2, 0.25) is 0 Å². The van der Waals surface area contributed by atoms with Crippen molar-refractivity contribution in [2.45, 2.75) is 37.8 Å². The van der Waals surface area contributed by atoms with E-state index in [1.54, 1.807) is 23.2 Å². The number of halogens is 3. The molecular weight excluding hydrogens is 415 g/mol. The molecule has 0 atom stereocenters.